The maximum Gasteiger partial charge on any atom is 0.346 e. The van der Waals surface area contributed by atoms with Gasteiger partial charge in [-0.15, -0.1) is 23.2 Å². The van der Waals surface area contributed by atoms with E-state index in [2.05, 4.69) is 0 Å². The van der Waals surface area contributed by atoms with Crippen molar-refractivity contribution < 1.29 is 9.09 Å². The van der Waals surface area contributed by atoms with Gasteiger partial charge in [0, 0.05) is 37.9 Å². The number of benzene rings is 1. The number of nitrogens with zero attached hydrogens (tertiary/aromatic N) is 2. The molecule has 1 atom stereocenters. The first kappa shape index (κ1) is 16.3. The molecule has 0 bridgehead atoms. The topological polar surface area (TPSA) is 32.5 Å². The highest BCUT2D eigenvalue weighted by Gasteiger charge is 2.44. The van der Waals surface area contributed by atoms with E-state index in [1.54, 1.807) is 4.67 Å². The zero-order chi connectivity index (χ0) is 14.4. The Balaban J connectivity index is 2.06. The van der Waals surface area contributed by atoms with Gasteiger partial charge in [-0.05, 0) is 5.56 Å². The first-order valence-electron chi connectivity index (χ1n) is 6.62. The first-order chi connectivity index (χ1) is 9.70. The van der Waals surface area contributed by atoms with Crippen molar-refractivity contribution >= 4 is 30.9 Å². The predicted molar refractivity (Wildman–Crippen MR) is 83.4 cm³/mol. The average Bonchev–Trinajstić information content (AvgIpc) is 3.31. The third-order valence-electron chi connectivity index (χ3n) is 3.07. The fraction of sp³-hybridized carbons (Fsp3) is 0.538. The van der Waals surface area contributed by atoms with Crippen LogP contribution in [0.5, 0.6) is 0 Å². The van der Waals surface area contributed by atoms with Crippen LogP contribution in [0, 0.1) is 0 Å². The summed E-state index contributed by atoms with van der Waals surface area (Å²) < 4.78 is 22.6. The number of alkyl halides is 2. The minimum absolute atomic E-state index is 0.329. The van der Waals surface area contributed by atoms with Crippen molar-refractivity contribution in [3.63, 3.8) is 0 Å². The molecule has 1 aromatic rings. The van der Waals surface area contributed by atoms with Gasteiger partial charge in [-0.1, -0.05) is 30.3 Å². The van der Waals surface area contributed by atoms with Gasteiger partial charge in [-0.25, -0.2) is 9.34 Å². The molecule has 0 N–H and O–H groups in total. The van der Waals surface area contributed by atoms with Crippen LogP contribution in [0.25, 0.3) is 0 Å². The molecule has 7 heteroatoms. The first-order valence-corrected chi connectivity index (χ1v) is 9.22. The second-order valence-corrected chi connectivity index (χ2v) is 7.66. The summed E-state index contributed by atoms with van der Waals surface area (Å²) in [5.41, 5.74) is 1.01. The van der Waals surface area contributed by atoms with Crippen LogP contribution < -0.4 is 0 Å². The average molecular weight is 337 g/mol. The zero-order valence-corrected chi connectivity index (χ0v) is 13.7. The van der Waals surface area contributed by atoms with E-state index in [0.717, 1.165) is 18.7 Å². The van der Waals surface area contributed by atoms with E-state index in [0.29, 0.717) is 31.5 Å². The van der Waals surface area contributed by atoms with Crippen LogP contribution in [0.1, 0.15) is 5.56 Å². The normalized spacial score (nSPS) is 18.1. The maximum absolute atomic E-state index is 13.1. The van der Waals surface area contributed by atoms with Gasteiger partial charge in [0.1, 0.15) is 0 Å². The summed E-state index contributed by atoms with van der Waals surface area (Å²) in [5, 5.41) is 0. The summed E-state index contributed by atoms with van der Waals surface area (Å²) in [7, 11) is -2.99. The van der Waals surface area contributed by atoms with Crippen LogP contribution >= 0.6 is 30.9 Å². The molecule has 112 valence electrons. The fourth-order valence-corrected chi connectivity index (χ4v) is 4.88. The largest absolute Gasteiger partial charge is 0.346 e. The van der Waals surface area contributed by atoms with Crippen LogP contribution in [0.2, 0.25) is 0 Å². The number of hydrogen-bond acceptors (Lipinski definition) is 2. The SMILES string of the molecule is O=P(OCc1ccccc1)(N(CCCl)CCCl)N1CC1. The molecule has 1 aromatic carbocycles. The van der Waals surface area contributed by atoms with Crippen molar-refractivity contribution in [2.24, 2.45) is 0 Å². The molecule has 4 nitrogen and oxygen atoms in total. The van der Waals surface area contributed by atoms with Gasteiger partial charge in [0.15, 0.2) is 0 Å². The van der Waals surface area contributed by atoms with Gasteiger partial charge in [0.05, 0.1) is 6.61 Å². The van der Waals surface area contributed by atoms with Gasteiger partial charge in [0.25, 0.3) is 0 Å². The van der Waals surface area contributed by atoms with Gasteiger partial charge < -0.3 is 4.52 Å². The number of halogens is 2. The lowest BCUT2D eigenvalue weighted by atomic mass is 10.2. The van der Waals surface area contributed by atoms with Crippen molar-refractivity contribution in [3.8, 4) is 0 Å². The lowest BCUT2D eigenvalue weighted by Gasteiger charge is -2.30. The van der Waals surface area contributed by atoms with E-state index < -0.39 is 7.67 Å². The van der Waals surface area contributed by atoms with E-state index in [1.807, 2.05) is 35.0 Å². The molecule has 20 heavy (non-hydrogen) atoms. The molecule has 1 fully saturated rings. The molecule has 1 unspecified atom stereocenters. The quantitative estimate of drug-likeness (QED) is 0.393. The predicted octanol–water partition coefficient (Wildman–Crippen LogP) is 3.41. The molecular formula is C13H19Cl2N2O2P. The van der Waals surface area contributed by atoms with Crippen LogP contribution in [-0.4, -0.2) is 47.3 Å². The highest BCUT2D eigenvalue weighted by atomic mass is 35.5. The third-order valence-corrected chi connectivity index (χ3v) is 6.10. The van der Waals surface area contributed by atoms with Gasteiger partial charge in [-0.2, -0.15) is 0 Å². The summed E-state index contributed by atoms with van der Waals surface area (Å²) in [6.07, 6.45) is 0. The Labute approximate surface area is 130 Å². The van der Waals surface area contributed by atoms with Crippen molar-refractivity contribution in [3.05, 3.63) is 35.9 Å². The summed E-state index contributed by atoms with van der Waals surface area (Å²) >= 11 is 11.6. The summed E-state index contributed by atoms with van der Waals surface area (Å²) in [6, 6.07) is 9.74. The van der Waals surface area contributed by atoms with Crippen molar-refractivity contribution in [2.45, 2.75) is 6.61 Å². The maximum atomic E-state index is 13.1. The molecule has 1 saturated heterocycles. The van der Waals surface area contributed by atoms with Crippen molar-refractivity contribution in [1.82, 2.24) is 9.34 Å². The van der Waals surface area contributed by atoms with Crippen LogP contribution in [0.3, 0.4) is 0 Å². The van der Waals surface area contributed by atoms with Crippen molar-refractivity contribution in [1.29, 1.82) is 0 Å². The Morgan fingerprint density at radius 2 is 1.75 bits per heavy atom. The van der Waals surface area contributed by atoms with E-state index in [1.165, 1.54) is 0 Å². The Kier molecular flexibility index (Phi) is 6.34. The standard InChI is InChI=1S/C13H19Cl2N2O2P/c14-6-8-16(9-7-15)20(18,17-10-11-17)19-12-13-4-2-1-3-5-13/h1-5H,6-12H2. The van der Waals surface area contributed by atoms with Gasteiger partial charge >= 0.3 is 7.67 Å². The van der Waals surface area contributed by atoms with E-state index in [4.69, 9.17) is 27.7 Å². The van der Waals surface area contributed by atoms with Crippen LogP contribution in [-0.2, 0) is 15.7 Å². The highest BCUT2D eigenvalue weighted by molar-refractivity contribution is 7.54. The number of rotatable bonds is 9. The minimum Gasteiger partial charge on any atom is -0.301 e. The van der Waals surface area contributed by atoms with Crippen LogP contribution in [0.15, 0.2) is 30.3 Å². The van der Waals surface area contributed by atoms with E-state index in [9.17, 15) is 4.57 Å². The molecule has 0 radical (unpaired) electrons. The third kappa shape index (κ3) is 4.20. The fourth-order valence-electron chi connectivity index (χ4n) is 1.93. The molecule has 1 heterocycles. The molecule has 1 aliphatic rings. The highest BCUT2D eigenvalue weighted by Crippen LogP contribution is 2.58. The molecule has 0 saturated carbocycles. The van der Waals surface area contributed by atoms with Gasteiger partial charge in [0.2, 0.25) is 0 Å². The smallest absolute Gasteiger partial charge is 0.301 e. The number of hydrogen-bond donors (Lipinski definition) is 0. The summed E-state index contributed by atoms with van der Waals surface area (Å²) in [5.74, 6) is 0.812. The van der Waals surface area contributed by atoms with E-state index in [-0.39, 0.29) is 0 Å². The zero-order valence-electron chi connectivity index (χ0n) is 11.3. The molecule has 0 amide bonds. The Hall–Kier alpha value is -0.0900. The molecule has 1 aliphatic heterocycles. The van der Waals surface area contributed by atoms with E-state index >= 15 is 0 Å². The second kappa shape index (κ2) is 7.79. The molecule has 2 rings (SSSR count). The lowest BCUT2D eigenvalue weighted by Crippen LogP contribution is -2.29. The lowest BCUT2D eigenvalue weighted by molar-refractivity contribution is 0.235. The summed E-state index contributed by atoms with van der Waals surface area (Å²) in [6.45, 7) is 2.95. The molecule has 0 spiro atoms. The Morgan fingerprint density at radius 1 is 1.15 bits per heavy atom. The molecular weight excluding hydrogens is 318 g/mol. The summed E-state index contributed by atoms with van der Waals surface area (Å²) in [4.78, 5) is 0. The Bertz CT molecular complexity index is 451. The molecule has 0 aliphatic carbocycles. The molecule has 0 aromatic heterocycles. The van der Waals surface area contributed by atoms with Gasteiger partial charge in [-0.3, -0.25) is 4.57 Å². The monoisotopic (exact) mass is 336 g/mol. The van der Waals surface area contributed by atoms with Crippen molar-refractivity contribution in [2.75, 3.05) is 37.9 Å². The second-order valence-electron chi connectivity index (χ2n) is 4.53. The van der Waals surface area contributed by atoms with Crippen LogP contribution in [0.4, 0.5) is 0 Å². The minimum atomic E-state index is -2.99. The Morgan fingerprint density at radius 3 is 2.25 bits per heavy atom.